The first-order chi connectivity index (χ1) is 13.1. The average molecular weight is 401 g/mol. The number of esters is 1. The molecule has 0 saturated carbocycles. The van der Waals surface area contributed by atoms with Crippen molar-refractivity contribution in [2.45, 2.75) is 25.3 Å². The van der Waals surface area contributed by atoms with Gasteiger partial charge in [0.25, 0.3) is 5.91 Å². The van der Waals surface area contributed by atoms with Crippen LogP contribution in [0, 0.1) is 0 Å². The third kappa shape index (κ3) is 4.14. The zero-order valence-corrected chi connectivity index (χ0v) is 17.0. The zero-order valence-electron chi connectivity index (χ0n) is 15.4. The maximum absolute atomic E-state index is 12.6. The lowest BCUT2D eigenvalue weighted by Gasteiger charge is -2.02. The molecule has 0 aliphatic heterocycles. The zero-order chi connectivity index (χ0) is 19.4. The number of nitrogens with zero attached hydrogens (tertiary/aromatic N) is 2. The molecule has 2 aromatic carbocycles. The van der Waals surface area contributed by atoms with Gasteiger partial charge < -0.3 is 9.30 Å². The summed E-state index contributed by atoms with van der Waals surface area (Å²) in [5.41, 5.74) is 1.98. The molecular weight excluding hydrogens is 380 g/mol. The molecule has 0 unspecified atom stereocenters. The Morgan fingerprint density at radius 2 is 1.81 bits per heavy atom. The molecule has 1 heterocycles. The quantitative estimate of drug-likeness (QED) is 0.472. The van der Waals surface area contributed by atoms with Crippen molar-refractivity contribution in [1.29, 1.82) is 0 Å². The summed E-state index contributed by atoms with van der Waals surface area (Å²) in [6.07, 6.45) is 0. The lowest BCUT2D eigenvalue weighted by Crippen LogP contribution is -2.15. The first-order valence-corrected chi connectivity index (χ1v) is 10.4. The second-order valence-corrected chi connectivity index (χ2v) is 8.02. The molecule has 1 aromatic heterocycles. The molecule has 0 bridgehead atoms. The molecular formula is C20H20N2O3S2. The van der Waals surface area contributed by atoms with E-state index in [-0.39, 0.29) is 11.9 Å². The number of thiazole rings is 1. The van der Waals surface area contributed by atoms with Gasteiger partial charge in [-0.1, -0.05) is 18.3 Å². The number of carbonyl (C=O) groups excluding carboxylic acids is 2. The number of benzene rings is 2. The summed E-state index contributed by atoms with van der Waals surface area (Å²) >= 11 is 3.12. The smallest absolute Gasteiger partial charge is 0.337 e. The molecule has 5 nitrogen and oxygen atoms in total. The Balaban J connectivity index is 2.01. The van der Waals surface area contributed by atoms with Crippen LogP contribution in [0.25, 0.3) is 10.2 Å². The van der Waals surface area contributed by atoms with Crippen LogP contribution >= 0.6 is 23.1 Å². The largest absolute Gasteiger partial charge is 0.465 e. The van der Waals surface area contributed by atoms with Gasteiger partial charge >= 0.3 is 5.97 Å². The highest BCUT2D eigenvalue weighted by Gasteiger charge is 2.12. The van der Waals surface area contributed by atoms with Gasteiger partial charge in [-0.3, -0.25) is 4.79 Å². The fourth-order valence-electron chi connectivity index (χ4n) is 2.72. The van der Waals surface area contributed by atoms with Crippen molar-refractivity contribution in [3.63, 3.8) is 0 Å². The number of carbonyl (C=O) groups is 2. The lowest BCUT2D eigenvalue weighted by molar-refractivity contribution is 0.0601. The van der Waals surface area contributed by atoms with Gasteiger partial charge in [-0.2, -0.15) is 4.99 Å². The fraction of sp³-hybridized carbons (Fsp3) is 0.250. The number of fused-ring (bicyclic) bond motifs is 1. The summed E-state index contributed by atoms with van der Waals surface area (Å²) in [6, 6.07) is 12.9. The van der Waals surface area contributed by atoms with E-state index in [0.29, 0.717) is 22.5 Å². The van der Waals surface area contributed by atoms with Gasteiger partial charge in [0.2, 0.25) is 0 Å². The van der Waals surface area contributed by atoms with E-state index in [4.69, 9.17) is 4.74 Å². The molecule has 27 heavy (non-hydrogen) atoms. The summed E-state index contributed by atoms with van der Waals surface area (Å²) < 4.78 is 7.64. The van der Waals surface area contributed by atoms with E-state index in [1.54, 1.807) is 23.9 Å². The number of aromatic nitrogens is 1. The van der Waals surface area contributed by atoms with Crippen molar-refractivity contribution in [2.24, 2.45) is 4.99 Å². The minimum atomic E-state index is -0.382. The fourth-order valence-corrected chi connectivity index (χ4v) is 4.51. The number of rotatable bonds is 5. The predicted molar refractivity (Wildman–Crippen MR) is 110 cm³/mol. The topological polar surface area (TPSA) is 60.7 Å². The maximum Gasteiger partial charge on any atom is 0.337 e. The van der Waals surface area contributed by atoms with Crippen LogP contribution < -0.4 is 4.80 Å². The van der Waals surface area contributed by atoms with Crippen molar-refractivity contribution in [2.75, 3.05) is 12.9 Å². The van der Waals surface area contributed by atoms with Crippen molar-refractivity contribution in [3.8, 4) is 0 Å². The highest BCUT2D eigenvalue weighted by Crippen LogP contribution is 2.21. The minimum Gasteiger partial charge on any atom is -0.465 e. The molecule has 0 aliphatic carbocycles. The van der Waals surface area contributed by atoms with E-state index in [2.05, 4.69) is 11.9 Å². The molecule has 3 rings (SSSR count). The van der Waals surface area contributed by atoms with Gasteiger partial charge in [0.15, 0.2) is 4.80 Å². The molecule has 0 spiro atoms. The molecule has 3 aromatic rings. The molecule has 140 valence electrons. The molecule has 0 atom stereocenters. The average Bonchev–Trinajstić information content (AvgIpc) is 3.04. The van der Waals surface area contributed by atoms with Gasteiger partial charge in [-0.05, 0) is 55.1 Å². The monoisotopic (exact) mass is 400 g/mol. The lowest BCUT2D eigenvalue weighted by atomic mass is 10.2. The minimum absolute atomic E-state index is 0.273. The summed E-state index contributed by atoms with van der Waals surface area (Å²) in [7, 11) is 1.36. The number of aryl methyl sites for hydroxylation is 1. The Hall–Kier alpha value is -2.38. The molecule has 0 aliphatic rings. The van der Waals surface area contributed by atoms with Gasteiger partial charge in [0.1, 0.15) is 0 Å². The molecule has 0 saturated heterocycles. The number of thioether (sulfide) groups is 1. The first-order valence-electron chi connectivity index (χ1n) is 8.61. The van der Waals surface area contributed by atoms with Crippen LogP contribution in [0.1, 0.15) is 34.6 Å². The van der Waals surface area contributed by atoms with Crippen molar-refractivity contribution < 1.29 is 14.3 Å². The van der Waals surface area contributed by atoms with Crippen LogP contribution in [0.4, 0.5) is 0 Å². The Kier molecular flexibility index (Phi) is 6.13. The first kappa shape index (κ1) is 19.4. The molecule has 1 amide bonds. The van der Waals surface area contributed by atoms with Crippen molar-refractivity contribution in [3.05, 3.63) is 58.4 Å². The van der Waals surface area contributed by atoms with Crippen LogP contribution in [0.5, 0.6) is 0 Å². The summed E-state index contributed by atoms with van der Waals surface area (Å²) in [5.74, 6) is 0.335. The Morgan fingerprint density at radius 1 is 1.11 bits per heavy atom. The Labute approximate surface area is 165 Å². The number of hydrogen-bond donors (Lipinski definition) is 0. The molecule has 0 fully saturated rings. The third-order valence-electron chi connectivity index (χ3n) is 4.03. The van der Waals surface area contributed by atoms with Gasteiger partial charge in [0.05, 0.1) is 22.9 Å². The van der Waals surface area contributed by atoms with E-state index in [0.717, 1.165) is 20.9 Å². The van der Waals surface area contributed by atoms with E-state index in [1.165, 1.54) is 18.4 Å². The number of hydrogen-bond acceptors (Lipinski definition) is 5. The van der Waals surface area contributed by atoms with E-state index < -0.39 is 0 Å². The van der Waals surface area contributed by atoms with Crippen LogP contribution in [0.2, 0.25) is 0 Å². The number of ether oxygens (including phenoxy) is 1. The predicted octanol–water partition coefficient (Wildman–Crippen LogP) is 4.36. The van der Waals surface area contributed by atoms with Gasteiger partial charge in [-0.25, -0.2) is 4.79 Å². The van der Waals surface area contributed by atoms with Gasteiger partial charge in [0, 0.05) is 17.0 Å². The van der Waals surface area contributed by atoms with E-state index >= 15 is 0 Å². The summed E-state index contributed by atoms with van der Waals surface area (Å²) in [4.78, 5) is 30.4. The molecule has 0 radical (unpaired) electrons. The summed E-state index contributed by atoms with van der Waals surface area (Å²) in [6.45, 7) is 4.77. The van der Waals surface area contributed by atoms with E-state index in [9.17, 15) is 9.59 Å². The van der Waals surface area contributed by atoms with Crippen molar-refractivity contribution >= 4 is 45.2 Å². The highest BCUT2D eigenvalue weighted by atomic mass is 32.2. The molecule has 0 N–H and O–H groups in total. The molecule has 7 heteroatoms. The highest BCUT2D eigenvalue weighted by molar-refractivity contribution is 7.99. The van der Waals surface area contributed by atoms with Gasteiger partial charge in [-0.15, -0.1) is 11.8 Å². The third-order valence-corrected chi connectivity index (χ3v) is 5.96. The van der Waals surface area contributed by atoms with Crippen LogP contribution in [0.15, 0.2) is 52.4 Å². The normalized spacial score (nSPS) is 11.7. The van der Waals surface area contributed by atoms with Crippen LogP contribution in [-0.2, 0) is 11.3 Å². The standard InChI is InChI=1S/C20H20N2O3S2/c1-4-22-16-11-8-14(19(24)25-3)12-17(16)27-20(22)21-18(23)13-6-9-15(10-7-13)26-5-2/h6-12H,4-5H2,1-3H3. The van der Waals surface area contributed by atoms with Crippen LogP contribution in [0.3, 0.4) is 0 Å². The number of methoxy groups -OCH3 is 1. The SMILES string of the molecule is CCSc1ccc(C(=O)N=c2sc3cc(C(=O)OC)ccc3n2CC)cc1. The Bertz CT molecular complexity index is 1050. The second kappa shape index (κ2) is 8.54. The summed E-state index contributed by atoms with van der Waals surface area (Å²) in [5, 5.41) is 0. The second-order valence-electron chi connectivity index (χ2n) is 5.68. The van der Waals surface area contributed by atoms with E-state index in [1.807, 2.05) is 41.8 Å². The van der Waals surface area contributed by atoms with Crippen LogP contribution in [-0.4, -0.2) is 29.3 Å². The Morgan fingerprint density at radius 3 is 2.44 bits per heavy atom. The van der Waals surface area contributed by atoms with Crippen molar-refractivity contribution in [1.82, 2.24) is 4.57 Å². The maximum atomic E-state index is 12.6. The number of amides is 1.